The van der Waals surface area contributed by atoms with Crippen LogP contribution in [0, 0.1) is 12.3 Å². The topological polar surface area (TPSA) is 60.8 Å². The van der Waals surface area contributed by atoms with E-state index in [0.29, 0.717) is 17.8 Å². The summed E-state index contributed by atoms with van der Waals surface area (Å²) in [5.41, 5.74) is 2.11. The van der Waals surface area contributed by atoms with Crippen molar-refractivity contribution >= 4 is 351 Å². The van der Waals surface area contributed by atoms with Crippen molar-refractivity contribution in [3.63, 3.8) is 0 Å². The molecule has 1 aromatic carbocycles. The summed E-state index contributed by atoms with van der Waals surface area (Å²) >= 11 is 11.6. The standard InChI is InChI=1S/C19H17N2O3.12Rb.H/c1-2-3-12-23-19(22)13-17-10-7-11-18(21-17)15-24-20-14-16-8-5-4-6-9-16;;;;;;;;;;;;;/h1,4-11H,3,12-13,15H2;;;;;;;;;;;;;/q-1;;;;;;;;;;;2*+1;-1. The molecule has 0 aliphatic heterocycles. The van der Waals surface area contributed by atoms with Gasteiger partial charge in [-0.1, -0.05) is 12.1 Å². The van der Waals surface area contributed by atoms with Gasteiger partial charge < -0.3 is 11.0 Å². The molecule has 0 bridgehead atoms. The molecule has 0 fully saturated rings. The van der Waals surface area contributed by atoms with E-state index in [1.54, 1.807) is 18.2 Å². The zero-order valence-corrected chi connectivity index (χ0v) is 84.1. The molecule has 1 heterocycles. The summed E-state index contributed by atoms with van der Waals surface area (Å²) in [7, 11) is 0. The molecule has 0 aliphatic rings. The van der Waals surface area contributed by atoms with E-state index in [1.807, 2.05) is 30.3 Å². The summed E-state index contributed by atoms with van der Waals surface area (Å²) in [6, 6.07) is 14.8. The summed E-state index contributed by atoms with van der Waals surface area (Å²) in [4.78, 5) is 21.1. The second kappa shape index (κ2) is 62.7. The number of hydrogen-bond donors (Lipinski definition) is 0. The van der Waals surface area contributed by atoms with E-state index >= 15 is 0 Å². The first-order chi connectivity index (χ1) is 16.8. The number of aromatic nitrogens is 1. The van der Waals surface area contributed by atoms with Crippen LogP contribution in [0.1, 0.15) is 24.8 Å². The molecule has 2 rings (SSSR count). The molecule has 1 aromatic heterocycles. The number of carbonyl (C=O) groups excluding carboxylic acids is 1. The van der Waals surface area contributed by atoms with Crippen molar-refractivity contribution in [3.8, 4) is 12.3 Å². The summed E-state index contributed by atoms with van der Waals surface area (Å²) < 4.78 is 4.99. The molecule has 0 spiro atoms. The Kier molecular flexibility index (Phi) is 116. The molecule has 0 aliphatic carbocycles. The number of nitrogens with zero attached hydrogens (tertiary/aromatic N) is 2. The molecular formula is C19H18N2O3Rb12. The van der Waals surface area contributed by atoms with Crippen molar-refractivity contribution in [2.45, 2.75) is 19.4 Å². The van der Waals surface area contributed by atoms with Crippen molar-refractivity contribution in [2.24, 2.45) is 5.16 Å². The van der Waals surface area contributed by atoms with E-state index in [0.717, 1.165) is 344 Å². The van der Waals surface area contributed by atoms with Crippen LogP contribution in [0.15, 0.2) is 53.7 Å². The van der Waals surface area contributed by atoms with E-state index in [2.05, 4.69) is 22.3 Å². The van der Waals surface area contributed by atoms with Gasteiger partial charge in [0, 0.05) is 6.42 Å². The quantitative estimate of drug-likeness (QED) is 0.0660. The van der Waals surface area contributed by atoms with Crippen molar-refractivity contribution < 1.29 is 132 Å². The van der Waals surface area contributed by atoms with Crippen LogP contribution < -0.4 is 116 Å². The van der Waals surface area contributed by atoms with Crippen LogP contribution in [-0.2, 0) is 27.4 Å². The van der Waals surface area contributed by atoms with Crippen LogP contribution in [-0.4, -0.2) is 362 Å². The van der Waals surface area contributed by atoms with Gasteiger partial charge in [-0.15, -0.1) is 24.5 Å². The third-order valence-electron chi connectivity index (χ3n) is 2.92. The Bertz CT molecular complexity index is 761. The average molecular weight is 1350 g/mol. The molecular weight excluding hydrogens is 1330 g/mol. The number of pyridine rings is 1. The number of terminal acetylenes is 1. The predicted octanol–water partition coefficient (Wildman–Crippen LogP) is -7.07. The Morgan fingerprint density at radius 1 is 0.889 bits per heavy atom. The Morgan fingerprint density at radius 2 is 1.42 bits per heavy atom. The van der Waals surface area contributed by atoms with E-state index in [-0.39, 0.29) is 143 Å². The third kappa shape index (κ3) is 50.6. The molecule has 0 amide bonds. The van der Waals surface area contributed by atoms with Gasteiger partial charge in [-0.3, -0.25) is 9.78 Å². The number of hydrogen-bond acceptors (Lipinski definition) is 5. The van der Waals surface area contributed by atoms with Crippen LogP contribution >= 0.6 is 0 Å². The van der Waals surface area contributed by atoms with Gasteiger partial charge in [-0.05, 0) is 18.3 Å². The maximum atomic E-state index is 11.6. The zero-order chi connectivity index (χ0) is 27.0. The molecule has 0 radical (unpaired) electrons. The van der Waals surface area contributed by atoms with Gasteiger partial charge in [0.25, 0.3) is 0 Å². The summed E-state index contributed by atoms with van der Waals surface area (Å²) in [6.45, 7) is 0.419. The van der Waals surface area contributed by atoms with Crippen molar-refractivity contribution in [1.82, 2.24) is 4.98 Å². The second-order valence-corrected chi connectivity index (χ2v) is 4.81. The molecule has 0 unspecified atom stereocenters. The molecule has 2 aromatic rings. The van der Waals surface area contributed by atoms with Gasteiger partial charge in [0.2, 0.25) is 0 Å². The molecule has 0 saturated carbocycles. The van der Waals surface area contributed by atoms with Gasteiger partial charge in [0.15, 0.2) is 6.61 Å². The van der Waals surface area contributed by atoms with Crippen molar-refractivity contribution in [2.75, 3.05) is 6.61 Å². The van der Waals surface area contributed by atoms with E-state index in [4.69, 9.17) is 16.0 Å². The summed E-state index contributed by atoms with van der Waals surface area (Å²) in [6.07, 6.45) is 8.38. The van der Waals surface area contributed by atoms with Crippen LogP contribution in [0.3, 0.4) is 0 Å². The van der Waals surface area contributed by atoms with E-state index in [9.17, 15) is 4.79 Å². The minimum absolute atomic E-state index is 0. The fraction of sp³-hybridized carbons (Fsp3) is 0.211. The predicted molar refractivity (Wildman–Crippen MR) is 149 cm³/mol. The summed E-state index contributed by atoms with van der Waals surface area (Å²) in [5, 5.41) is 3.78. The van der Waals surface area contributed by atoms with Crippen molar-refractivity contribution in [3.05, 3.63) is 65.5 Å². The molecule has 17 heteroatoms. The van der Waals surface area contributed by atoms with E-state index in [1.165, 1.54) is 0 Å². The monoisotopic (exact) mass is 1340 g/mol. The molecule has 134 valence electrons. The van der Waals surface area contributed by atoms with Crippen LogP contribution in [0.2, 0.25) is 0 Å². The fourth-order valence-corrected chi connectivity index (χ4v) is 1.83. The molecule has 36 heavy (non-hydrogen) atoms. The Morgan fingerprint density at radius 3 is 1.94 bits per heavy atom. The minimum atomic E-state index is -0.355. The second-order valence-electron chi connectivity index (χ2n) is 4.81. The van der Waals surface area contributed by atoms with Crippen LogP contribution in [0.25, 0.3) is 0 Å². The average Bonchev–Trinajstić information content (AvgIpc) is 2.93. The number of rotatable bonds is 8. The Balaban J connectivity index is -0.000000124. The van der Waals surface area contributed by atoms with Gasteiger partial charge in [-0.2, -0.15) is 22.9 Å². The number of carbonyl (C=O) groups is 1. The molecule has 0 atom stereocenters. The number of esters is 1. The van der Waals surface area contributed by atoms with E-state index < -0.39 is 0 Å². The van der Waals surface area contributed by atoms with Crippen molar-refractivity contribution in [1.29, 1.82) is 0 Å². The maximum absolute atomic E-state index is 11.6. The number of ether oxygens (including phenoxy) is 1. The molecule has 0 saturated heterocycles. The first kappa shape index (κ1) is 66.3. The number of benzene rings is 1. The Hall–Kier alpha value is 18.5. The summed E-state index contributed by atoms with van der Waals surface area (Å²) in [5.74, 6) is 2.06. The van der Waals surface area contributed by atoms with Gasteiger partial charge in [-0.25, -0.2) is 0 Å². The molecule has 0 N–H and O–H groups in total. The first-order valence-electron chi connectivity index (χ1n) is 12.4. The van der Waals surface area contributed by atoms with Crippen LogP contribution in [0.4, 0.5) is 0 Å². The first-order valence-corrected chi connectivity index (χ1v) is 182. The third-order valence-corrected chi connectivity index (χ3v) is 2.92. The fourth-order valence-electron chi connectivity index (χ4n) is 1.83. The molecule has 5 nitrogen and oxygen atoms in total. The zero-order valence-electron chi connectivity index (χ0n) is 26.1. The van der Waals surface area contributed by atoms with Gasteiger partial charge in [0.1, 0.15) is 6.61 Å². The van der Waals surface area contributed by atoms with Gasteiger partial charge in [0.05, 0.1) is 17.8 Å². The Labute approximate surface area is 563 Å². The SMILES string of the molecule is C#CCCOC(=O)Cc1cccc(CON=[C-]c2ccccc2)n1.[H-].[Rb+].[Rb+].[Rb][Rb].[Rb][Rb].[Rb][Rb].[Rb][Rb].[Rb][Rb]. The normalized spacial score (nSPS) is 7.97. The van der Waals surface area contributed by atoms with Crippen LogP contribution in [0.5, 0.6) is 0 Å². The van der Waals surface area contributed by atoms with Gasteiger partial charge >= 0.3 is 461 Å².